The lowest BCUT2D eigenvalue weighted by Crippen LogP contribution is -2.21. The van der Waals surface area contributed by atoms with E-state index in [0.29, 0.717) is 5.92 Å². The first-order chi connectivity index (χ1) is 8.81. The predicted molar refractivity (Wildman–Crippen MR) is 81.0 cm³/mol. The van der Waals surface area contributed by atoms with Crippen molar-refractivity contribution in [2.24, 2.45) is 11.7 Å². The van der Waals surface area contributed by atoms with E-state index < -0.39 is 0 Å². The van der Waals surface area contributed by atoms with Gasteiger partial charge < -0.3 is 5.73 Å². The molecule has 1 atom stereocenters. The molecular formula is C16H25NS. The molecule has 0 aliphatic heterocycles. The predicted octanol–water partition coefficient (Wildman–Crippen LogP) is 4.77. The first kappa shape index (κ1) is 14.0. The Morgan fingerprint density at radius 2 is 1.72 bits per heavy atom. The van der Waals surface area contributed by atoms with Gasteiger partial charge in [-0.15, -0.1) is 11.8 Å². The molecule has 0 heterocycles. The fraction of sp³-hybridized carbons (Fsp3) is 0.625. The Hall–Kier alpha value is -0.470. The van der Waals surface area contributed by atoms with Crippen LogP contribution in [-0.2, 0) is 0 Å². The standard InChI is InChI=1S/C16H25NS/c1-2-18-15-11-9-14(10-12-15)16(17)13-7-5-3-4-6-8-13/h9-13,16H,2-8,17H2,1H3. The number of rotatable bonds is 4. The van der Waals surface area contributed by atoms with Crippen molar-refractivity contribution >= 4 is 11.8 Å². The van der Waals surface area contributed by atoms with Gasteiger partial charge in [0, 0.05) is 10.9 Å². The Balaban J connectivity index is 2.00. The van der Waals surface area contributed by atoms with Gasteiger partial charge in [0.1, 0.15) is 0 Å². The zero-order valence-corrected chi connectivity index (χ0v) is 12.2. The molecular weight excluding hydrogens is 238 g/mol. The van der Waals surface area contributed by atoms with E-state index in [4.69, 9.17) is 5.73 Å². The molecule has 1 unspecified atom stereocenters. The van der Waals surface area contributed by atoms with Crippen LogP contribution in [0.5, 0.6) is 0 Å². The van der Waals surface area contributed by atoms with Gasteiger partial charge in [0.05, 0.1) is 0 Å². The van der Waals surface area contributed by atoms with Gasteiger partial charge in [-0.25, -0.2) is 0 Å². The number of benzene rings is 1. The number of thioether (sulfide) groups is 1. The van der Waals surface area contributed by atoms with E-state index in [2.05, 4.69) is 31.2 Å². The molecule has 1 nitrogen and oxygen atoms in total. The van der Waals surface area contributed by atoms with Crippen molar-refractivity contribution in [3.63, 3.8) is 0 Å². The fourth-order valence-corrected chi connectivity index (χ4v) is 3.56. The van der Waals surface area contributed by atoms with E-state index in [0.717, 1.165) is 5.75 Å². The summed E-state index contributed by atoms with van der Waals surface area (Å²) in [6, 6.07) is 9.14. The molecule has 1 saturated carbocycles. The highest BCUT2D eigenvalue weighted by atomic mass is 32.2. The second-order valence-electron chi connectivity index (χ2n) is 5.28. The summed E-state index contributed by atoms with van der Waals surface area (Å²) < 4.78 is 0. The first-order valence-electron chi connectivity index (χ1n) is 7.29. The van der Waals surface area contributed by atoms with Crippen LogP contribution in [0.3, 0.4) is 0 Å². The number of hydrogen-bond donors (Lipinski definition) is 1. The number of nitrogens with two attached hydrogens (primary N) is 1. The zero-order chi connectivity index (χ0) is 12.8. The lowest BCUT2D eigenvalue weighted by molar-refractivity contribution is 0.382. The molecule has 0 aromatic heterocycles. The minimum atomic E-state index is 0.240. The van der Waals surface area contributed by atoms with E-state index in [1.54, 1.807) is 0 Å². The van der Waals surface area contributed by atoms with Gasteiger partial charge in [0.2, 0.25) is 0 Å². The van der Waals surface area contributed by atoms with Crippen LogP contribution in [0.15, 0.2) is 29.2 Å². The van der Waals surface area contributed by atoms with Crippen LogP contribution in [-0.4, -0.2) is 5.75 Å². The molecule has 2 rings (SSSR count). The van der Waals surface area contributed by atoms with E-state index in [9.17, 15) is 0 Å². The highest BCUT2D eigenvalue weighted by Crippen LogP contribution is 2.32. The third-order valence-electron chi connectivity index (χ3n) is 3.98. The molecule has 1 aromatic carbocycles. The summed E-state index contributed by atoms with van der Waals surface area (Å²) in [4.78, 5) is 1.36. The van der Waals surface area contributed by atoms with Crippen LogP contribution in [0.2, 0.25) is 0 Å². The maximum absolute atomic E-state index is 6.46. The van der Waals surface area contributed by atoms with Crippen LogP contribution in [0.1, 0.15) is 57.1 Å². The molecule has 0 saturated heterocycles. The Labute approximate surface area is 116 Å². The Morgan fingerprint density at radius 3 is 2.28 bits per heavy atom. The van der Waals surface area contributed by atoms with Gasteiger partial charge in [-0.05, 0) is 42.2 Å². The van der Waals surface area contributed by atoms with Crippen LogP contribution in [0.25, 0.3) is 0 Å². The molecule has 1 aliphatic rings. The van der Waals surface area contributed by atoms with Crippen molar-refractivity contribution < 1.29 is 0 Å². The average molecular weight is 263 g/mol. The third kappa shape index (κ3) is 3.76. The summed E-state index contributed by atoms with van der Waals surface area (Å²) in [6.07, 6.45) is 8.15. The zero-order valence-electron chi connectivity index (χ0n) is 11.4. The van der Waals surface area contributed by atoms with Crippen molar-refractivity contribution in [2.75, 3.05) is 5.75 Å². The van der Waals surface area contributed by atoms with Crippen molar-refractivity contribution in [1.82, 2.24) is 0 Å². The smallest absolute Gasteiger partial charge is 0.0323 e. The monoisotopic (exact) mass is 263 g/mol. The maximum Gasteiger partial charge on any atom is 0.0323 e. The largest absolute Gasteiger partial charge is 0.324 e. The molecule has 1 fully saturated rings. The topological polar surface area (TPSA) is 26.0 Å². The van der Waals surface area contributed by atoms with Crippen molar-refractivity contribution in [1.29, 1.82) is 0 Å². The Kier molecular flexibility index (Phi) is 5.58. The minimum absolute atomic E-state index is 0.240. The van der Waals surface area contributed by atoms with Gasteiger partial charge in [-0.1, -0.05) is 44.7 Å². The molecule has 1 aromatic rings. The Bertz CT molecular complexity index is 339. The lowest BCUT2D eigenvalue weighted by atomic mass is 9.88. The van der Waals surface area contributed by atoms with Crippen molar-refractivity contribution in [2.45, 2.75) is 56.4 Å². The summed E-state index contributed by atoms with van der Waals surface area (Å²) in [6.45, 7) is 2.19. The molecule has 0 radical (unpaired) electrons. The van der Waals surface area contributed by atoms with E-state index in [-0.39, 0.29) is 6.04 Å². The highest BCUT2D eigenvalue weighted by Gasteiger charge is 2.20. The van der Waals surface area contributed by atoms with Crippen LogP contribution in [0.4, 0.5) is 0 Å². The molecule has 0 spiro atoms. The SMILES string of the molecule is CCSc1ccc(C(N)C2CCCCCC2)cc1. The molecule has 2 N–H and O–H groups in total. The second-order valence-corrected chi connectivity index (χ2v) is 6.62. The van der Waals surface area contributed by atoms with E-state index >= 15 is 0 Å². The van der Waals surface area contributed by atoms with Crippen LogP contribution in [0, 0.1) is 5.92 Å². The Morgan fingerprint density at radius 1 is 1.11 bits per heavy atom. The second kappa shape index (κ2) is 7.20. The fourth-order valence-electron chi connectivity index (χ4n) is 2.90. The van der Waals surface area contributed by atoms with Gasteiger partial charge in [-0.2, -0.15) is 0 Å². The van der Waals surface area contributed by atoms with Crippen LogP contribution < -0.4 is 5.73 Å². The van der Waals surface area contributed by atoms with Gasteiger partial charge in [-0.3, -0.25) is 0 Å². The average Bonchev–Trinajstić information content (AvgIpc) is 2.68. The summed E-state index contributed by atoms with van der Waals surface area (Å²) in [5.41, 5.74) is 7.78. The van der Waals surface area contributed by atoms with E-state index in [1.807, 2.05) is 11.8 Å². The quantitative estimate of drug-likeness (QED) is 0.625. The molecule has 18 heavy (non-hydrogen) atoms. The molecule has 0 amide bonds. The summed E-state index contributed by atoms with van der Waals surface area (Å²) in [5, 5.41) is 0. The molecule has 100 valence electrons. The third-order valence-corrected chi connectivity index (χ3v) is 4.88. The molecule has 0 bridgehead atoms. The van der Waals surface area contributed by atoms with Crippen LogP contribution >= 0.6 is 11.8 Å². The summed E-state index contributed by atoms with van der Waals surface area (Å²) >= 11 is 1.89. The van der Waals surface area contributed by atoms with Gasteiger partial charge >= 0.3 is 0 Å². The lowest BCUT2D eigenvalue weighted by Gasteiger charge is -2.22. The maximum atomic E-state index is 6.46. The molecule has 2 heteroatoms. The summed E-state index contributed by atoms with van der Waals surface area (Å²) in [7, 11) is 0. The van der Waals surface area contributed by atoms with Gasteiger partial charge in [0.15, 0.2) is 0 Å². The van der Waals surface area contributed by atoms with Crippen molar-refractivity contribution in [3.8, 4) is 0 Å². The number of hydrogen-bond acceptors (Lipinski definition) is 2. The van der Waals surface area contributed by atoms with E-state index in [1.165, 1.54) is 49.0 Å². The highest BCUT2D eigenvalue weighted by molar-refractivity contribution is 7.99. The first-order valence-corrected chi connectivity index (χ1v) is 8.28. The van der Waals surface area contributed by atoms with Crippen molar-refractivity contribution in [3.05, 3.63) is 29.8 Å². The normalized spacial score (nSPS) is 19.4. The summed E-state index contributed by atoms with van der Waals surface area (Å²) in [5.74, 6) is 1.82. The molecule has 1 aliphatic carbocycles. The minimum Gasteiger partial charge on any atom is -0.324 e. The van der Waals surface area contributed by atoms with Gasteiger partial charge in [0.25, 0.3) is 0 Å².